The van der Waals surface area contributed by atoms with Gasteiger partial charge in [-0.1, -0.05) is 5.21 Å². The smallest absolute Gasteiger partial charge is 0.273 e. The molecule has 124 valence electrons. The zero-order valence-corrected chi connectivity index (χ0v) is 13.4. The fraction of sp³-hybridized carbons (Fsp3) is 0.467. The summed E-state index contributed by atoms with van der Waals surface area (Å²) in [6.45, 7) is 2.19. The Morgan fingerprint density at radius 3 is 2.79 bits per heavy atom. The summed E-state index contributed by atoms with van der Waals surface area (Å²) >= 11 is 0. The number of nitrogens with zero attached hydrogens (tertiary/aromatic N) is 7. The summed E-state index contributed by atoms with van der Waals surface area (Å²) in [5, 5.41) is 19.6. The highest BCUT2D eigenvalue weighted by Gasteiger charge is 2.23. The minimum Gasteiger partial charge on any atom is -0.354 e. The number of piperidine rings is 1. The van der Waals surface area contributed by atoms with Crippen molar-refractivity contribution in [2.45, 2.75) is 12.8 Å². The number of rotatable bonds is 4. The lowest BCUT2D eigenvalue weighted by atomic mass is 9.96. The largest absolute Gasteiger partial charge is 0.354 e. The lowest BCUT2D eigenvalue weighted by Gasteiger charge is -2.32. The van der Waals surface area contributed by atoms with Crippen molar-refractivity contribution >= 4 is 11.7 Å². The van der Waals surface area contributed by atoms with Crippen LogP contribution >= 0.6 is 0 Å². The van der Waals surface area contributed by atoms with Crippen molar-refractivity contribution in [1.82, 2.24) is 30.3 Å². The van der Waals surface area contributed by atoms with Gasteiger partial charge in [-0.3, -0.25) is 9.48 Å². The van der Waals surface area contributed by atoms with E-state index < -0.39 is 0 Å². The summed E-state index contributed by atoms with van der Waals surface area (Å²) in [5.41, 5.74) is 0.681. The van der Waals surface area contributed by atoms with Gasteiger partial charge in [-0.15, -0.1) is 5.10 Å². The Balaban J connectivity index is 1.50. The fourth-order valence-corrected chi connectivity index (χ4v) is 2.77. The van der Waals surface area contributed by atoms with E-state index in [0.29, 0.717) is 29.7 Å². The molecular weight excluding hydrogens is 308 g/mol. The Morgan fingerprint density at radius 1 is 1.38 bits per heavy atom. The van der Waals surface area contributed by atoms with Crippen LogP contribution in [0.25, 0.3) is 0 Å². The molecule has 9 heteroatoms. The van der Waals surface area contributed by atoms with Crippen LogP contribution in [0.4, 0.5) is 5.82 Å². The van der Waals surface area contributed by atoms with Gasteiger partial charge in [0.25, 0.3) is 5.91 Å². The van der Waals surface area contributed by atoms with Crippen molar-refractivity contribution in [3.05, 3.63) is 30.0 Å². The number of carbonyl (C=O) groups is 1. The first kappa shape index (κ1) is 15.9. The van der Waals surface area contributed by atoms with Gasteiger partial charge in [0.2, 0.25) is 0 Å². The van der Waals surface area contributed by atoms with E-state index >= 15 is 0 Å². The van der Waals surface area contributed by atoms with Crippen LogP contribution in [0.5, 0.6) is 0 Å². The van der Waals surface area contributed by atoms with E-state index in [2.05, 4.69) is 36.6 Å². The quantitative estimate of drug-likeness (QED) is 0.849. The zero-order chi connectivity index (χ0) is 16.9. The second-order valence-corrected chi connectivity index (χ2v) is 5.76. The van der Waals surface area contributed by atoms with Gasteiger partial charge in [-0.25, -0.2) is 9.97 Å². The molecule has 0 saturated carbocycles. The molecule has 3 rings (SSSR count). The fourth-order valence-electron chi connectivity index (χ4n) is 2.77. The number of anilines is 1. The third kappa shape index (κ3) is 3.48. The predicted molar refractivity (Wildman–Crippen MR) is 85.0 cm³/mol. The minimum absolute atomic E-state index is 0.203. The molecule has 2 aromatic heterocycles. The maximum absolute atomic E-state index is 12.0. The van der Waals surface area contributed by atoms with Gasteiger partial charge in [0.15, 0.2) is 17.2 Å². The highest BCUT2D eigenvalue weighted by atomic mass is 16.2. The monoisotopic (exact) mass is 326 g/mol. The van der Waals surface area contributed by atoms with Gasteiger partial charge in [0.05, 0.1) is 6.20 Å². The van der Waals surface area contributed by atoms with Crippen LogP contribution in [-0.2, 0) is 7.05 Å². The molecule has 0 aliphatic carbocycles. The van der Waals surface area contributed by atoms with Crippen molar-refractivity contribution in [1.29, 1.82) is 5.26 Å². The molecule has 1 aliphatic rings. The van der Waals surface area contributed by atoms with E-state index in [9.17, 15) is 4.79 Å². The maximum Gasteiger partial charge on any atom is 0.273 e. The maximum atomic E-state index is 12.0. The van der Waals surface area contributed by atoms with Gasteiger partial charge in [0.1, 0.15) is 6.07 Å². The summed E-state index contributed by atoms with van der Waals surface area (Å²) in [4.78, 5) is 22.4. The molecule has 0 unspecified atom stereocenters. The Morgan fingerprint density at radius 2 is 2.12 bits per heavy atom. The number of amides is 1. The van der Waals surface area contributed by atoms with Gasteiger partial charge < -0.3 is 10.2 Å². The van der Waals surface area contributed by atoms with Crippen LogP contribution in [0.15, 0.2) is 18.6 Å². The number of carbonyl (C=O) groups excluding carboxylic acids is 1. The van der Waals surface area contributed by atoms with E-state index in [0.717, 1.165) is 25.9 Å². The molecule has 1 amide bonds. The van der Waals surface area contributed by atoms with Crippen LogP contribution < -0.4 is 10.2 Å². The van der Waals surface area contributed by atoms with Crippen molar-refractivity contribution in [3.63, 3.8) is 0 Å². The minimum atomic E-state index is -0.203. The molecule has 0 atom stereocenters. The Kier molecular flexibility index (Phi) is 4.65. The third-order valence-electron chi connectivity index (χ3n) is 4.09. The zero-order valence-electron chi connectivity index (χ0n) is 13.4. The van der Waals surface area contributed by atoms with Crippen molar-refractivity contribution in [2.24, 2.45) is 13.0 Å². The molecule has 0 aromatic carbocycles. The molecule has 24 heavy (non-hydrogen) atoms. The van der Waals surface area contributed by atoms with Crippen LogP contribution in [0, 0.1) is 17.2 Å². The normalized spacial score (nSPS) is 15.1. The second-order valence-electron chi connectivity index (χ2n) is 5.76. The van der Waals surface area contributed by atoms with Gasteiger partial charge >= 0.3 is 0 Å². The van der Waals surface area contributed by atoms with Gasteiger partial charge in [-0.2, -0.15) is 5.26 Å². The number of aryl methyl sites for hydroxylation is 1. The molecular formula is C15H18N8O. The molecule has 0 radical (unpaired) electrons. The number of aromatic nitrogens is 5. The summed E-state index contributed by atoms with van der Waals surface area (Å²) in [6, 6.07) is 2.08. The first-order valence-corrected chi connectivity index (χ1v) is 7.78. The van der Waals surface area contributed by atoms with Crippen molar-refractivity contribution < 1.29 is 4.79 Å². The van der Waals surface area contributed by atoms with E-state index in [-0.39, 0.29) is 5.91 Å². The number of hydrogen-bond acceptors (Lipinski definition) is 7. The van der Waals surface area contributed by atoms with Gasteiger partial charge in [-0.05, 0) is 18.8 Å². The highest BCUT2D eigenvalue weighted by Crippen LogP contribution is 2.22. The molecule has 1 aliphatic heterocycles. The summed E-state index contributed by atoms with van der Waals surface area (Å²) in [5.74, 6) is 0.831. The molecule has 2 aromatic rings. The first-order valence-electron chi connectivity index (χ1n) is 7.78. The molecule has 1 N–H and O–H groups in total. The van der Waals surface area contributed by atoms with Crippen LogP contribution in [-0.4, -0.2) is 50.5 Å². The third-order valence-corrected chi connectivity index (χ3v) is 4.09. The number of hydrogen-bond donors (Lipinski definition) is 1. The average molecular weight is 326 g/mol. The molecule has 0 spiro atoms. The van der Waals surface area contributed by atoms with Crippen LogP contribution in [0.3, 0.4) is 0 Å². The number of nitrogens with one attached hydrogen (secondary N) is 1. The molecule has 0 bridgehead atoms. The number of nitriles is 1. The predicted octanol–water partition coefficient (Wildman–Crippen LogP) is 0.123. The topological polar surface area (TPSA) is 113 Å². The molecule has 1 saturated heterocycles. The van der Waals surface area contributed by atoms with E-state index in [4.69, 9.17) is 5.26 Å². The Labute approximate surface area is 139 Å². The Bertz CT molecular complexity index is 757. The van der Waals surface area contributed by atoms with Crippen molar-refractivity contribution in [3.8, 4) is 6.07 Å². The molecule has 3 heterocycles. The average Bonchev–Trinajstić information content (AvgIpc) is 3.06. The molecule has 1 fully saturated rings. The summed E-state index contributed by atoms with van der Waals surface area (Å²) < 4.78 is 1.50. The van der Waals surface area contributed by atoms with Crippen molar-refractivity contribution in [2.75, 3.05) is 24.5 Å². The van der Waals surface area contributed by atoms with Crippen LogP contribution in [0.2, 0.25) is 0 Å². The second kappa shape index (κ2) is 7.04. The van der Waals surface area contributed by atoms with E-state index in [1.807, 2.05) is 0 Å². The lowest BCUT2D eigenvalue weighted by molar-refractivity contribution is 0.0940. The summed E-state index contributed by atoms with van der Waals surface area (Å²) in [6.07, 6.45) is 6.56. The van der Waals surface area contributed by atoms with Gasteiger partial charge in [0, 0.05) is 39.1 Å². The Hall–Kier alpha value is -3.02. The molecule has 9 nitrogen and oxygen atoms in total. The highest BCUT2D eigenvalue weighted by molar-refractivity contribution is 5.91. The lowest BCUT2D eigenvalue weighted by Crippen LogP contribution is -2.39. The first-order chi connectivity index (χ1) is 11.7. The van der Waals surface area contributed by atoms with Crippen LogP contribution in [0.1, 0.15) is 29.0 Å². The van der Waals surface area contributed by atoms with E-state index in [1.54, 1.807) is 19.4 Å². The summed E-state index contributed by atoms with van der Waals surface area (Å²) in [7, 11) is 1.72. The standard InChI is InChI=1S/C15H18N8O/c1-22-10-13(20-21-22)15(24)19-9-11-2-6-23(7-3-11)14-12(8-16)17-4-5-18-14/h4-5,10-11H,2-3,6-7,9H2,1H3,(H,19,24). The SMILES string of the molecule is Cn1cc(C(=O)NCC2CCN(c3nccnc3C#N)CC2)nn1. The van der Waals surface area contributed by atoms with E-state index in [1.165, 1.54) is 10.9 Å².